The molecule has 1 N–H and O–H groups in total. The number of hydrogen-bond donors (Lipinski definition) is 1. The topological polar surface area (TPSA) is 50.9 Å². The summed E-state index contributed by atoms with van der Waals surface area (Å²) in [4.78, 5) is 0. The Balaban J connectivity index is 2.10. The lowest BCUT2D eigenvalue weighted by atomic mass is 10.2. The number of aliphatic hydroxyl groups excluding tert-OH is 1. The molecule has 0 atom stereocenters. The lowest BCUT2D eigenvalue weighted by Crippen LogP contribution is -2.03. The average molecular weight is 308 g/mol. The van der Waals surface area contributed by atoms with Crippen LogP contribution in [0.2, 0.25) is 0 Å². The van der Waals surface area contributed by atoms with E-state index in [9.17, 15) is 5.11 Å². The van der Waals surface area contributed by atoms with Crippen LogP contribution in [0, 0.1) is 6.92 Å². The van der Waals surface area contributed by atoms with Gasteiger partial charge in [0.25, 0.3) is 0 Å². The van der Waals surface area contributed by atoms with Gasteiger partial charge in [-0.2, -0.15) is 0 Å². The van der Waals surface area contributed by atoms with Crippen LogP contribution in [0.15, 0.2) is 22.7 Å². The Kier molecular flexibility index (Phi) is 2.95. The highest BCUT2D eigenvalue weighted by atomic mass is 79.9. The molecule has 0 saturated heterocycles. The fourth-order valence-electron chi connectivity index (χ4n) is 2.10. The molecule has 1 aliphatic rings. The third-order valence-electron chi connectivity index (χ3n) is 3.29. The first-order valence-corrected chi connectivity index (χ1v) is 6.82. The van der Waals surface area contributed by atoms with Crippen molar-refractivity contribution in [3.05, 3.63) is 39.6 Å². The maximum Gasteiger partial charge on any atom is 0.112 e. The highest BCUT2D eigenvalue weighted by molar-refractivity contribution is 9.10. The summed E-state index contributed by atoms with van der Waals surface area (Å²) in [5.74, 6) is 0.502. The van der Waals surface area contributed by atoms with Crippen molar-refractivity contribution in [1.29, 1.82) is 0 Å². The number of aryl methyl sites for hydroxylation is 1. The zero-order valence-electron chi connectivity index (χ0n) is 10.1. The number of benzene rings is 1. The van der Waals surface area contributed by atoms with E-state index in [4.69, 9.17) is 0 Å². The largest absolute Gasteiger partial charge is 0.390 e. The number of rotatable bonds is 3. The van der Waals surface area contributed by atoms with Gasteiger partial charge >= 0.3 is 0 Å². The van der Waals surface area contributed by atoms with Crippen molar-refractivity contribution in [2.75, 3.05) is 0 Å². The predicted octanol–water partition coefficient (Wildman–Crippen LogP) is 2.71. The molecule has 1 saturated carbocycles. The highest BCUT2D eigenvalue weighted by Crippen LogP contribution is 2.42. The number of aliphatic hydroxyl groups is 1. The Morgan fingerprint density at radius 1 is 1.44 bits per heavy atom. The van der Waals surface area contributed by atoms with Gasteiger partial charge in [-0.25, -0.2) is 4.68 Å². The third kappa shape index (κ3) is 1.97. The summed E-state index contributed by atoms with van der Waals surface area (Å²) in [5, 5.41) is 17.6. The van der Waals surface area contributed by atoms with E-state index in [0.29, 0.717) is 11.6 Å². The minimum atomic E-state index is -0.0428. The van der Waals surface area contributed by atoms with Gasteiger partial charge in [0.15, 0.2) is 0 Å². The SMILES string of the molecule is Cc1ccc(-n2nnc(CO)c2C2CC2)cc1Br. The Morgan fingerprint density at radius 3 is 2.83 bits per heavy atom. The molecule has 1 aromatic carbocycles. The number of nitrogens with zero attached hydrogens (tertiary/aromatic N) is 3. The first-order chi connectivity index (χ1) is 8.70. The molecule has 1 aromatic heterocycles. The molecule has 0 radical (unpaired) electrons. The van der Waals surface area contributed by atoms with Crippen LogP contribution in [-0.2, 0) is 6.61 Å². The van der Waals surface area contributed by atoms with E-state index in [-0.39, 0.29) is 6.61 Å². The van der Waals surface area contributed by atoms with Crippen LogP contribution in [0.25, 0.3) is 5.69 Å². The second kappa shape index (κ2) is 4.48. The van der Waals surface area contributed by atoms with Gasteiger partial charge in [0.2, 0.25) is 0 Å². The van der Waals surface area contributed by atoms with E-state index < -0.39 is 0 Å². The summed E-state index contributed by atoms with van der Waals surface area (Å²) in [6.45, 7) is 2.01. The van der Waals surface area contributed by atoms with Gasteiger partial charge in [0.05, 0.1) is 18.0 Å². The van der Waals surface area contributed by atoms with Crippen molar-refractivity contribution in [2.24, 2.45) is 0 Å². The molecule has 4 nitrogen and oxygen atoms in total. The first kappa shape index (κ1) is 11.9. The number of hydrogen-bond acceptors (Lipinski definition) is 3. The van der Waals surface area contributed by atoms with Crippen LogP contribution in [0.4, 0.5) is 0 Å². The molecule has 1 heterocycles. The van der Waals surface area contributed by atoms with Crippen LogP contribution in [-0.4, -0.2) is 20.1 Å². The van der Waals surface area contributed by atoms with Crippen molar-refractivity contribution in [1.82, 2.24) is 15.0 Å². The van der Waals surface area contributed by atoms with Crippen molar-refractivity contribution < 1.29 is 5.11 Å². The van der Waals surface area contributed by atoms with Gasteiger partial charge < -0.3 is 5.11 Å². The molecule has 2 aromatic rings. The third-order valence-corrected chi connectivity index (χ3v) is 4.15. The summed E-state index contributed by atoms with van der Waals surface area (Å²) in [6, 6.07) is 6.12. The Morgan fingerprint density at radius 2 is 2.22 bits per heavy atom. The Hall–Kier alpha value is -1.20. The smallest absolute Gasteiger partial charge is 0.112 e. The van der Waals surface area contributed by atoms with E-state index in [1.165, 1.54) is 5.56 Å². The zero-order chi connectivity index (χ0) is 12.7. The molecule has 1 aliphatic carbocycles. The van der Waals surface area contributed by atoms with E-state index in [2.05, 4.69) is 39.2 Å². The van der Waals surface area contributed by atoms with Crippen molar-refractivity contribution >= 4 is 15.9 Å². The normalized spacial score (nSPS) is 15.1. The van der Waals surface area contributed by atoms with E-state index in [1.54, 1.807) is 0 Å². The van der Waals surface area contributed by atoms with Gasteiger partial charge in [0, 0.05) is 10.4 Å². The Labute approximate surface area is 114 Å². The predicted molar refractivity (Wildman–Crippen MR) is 71.7 cm³/mol. The Bertz CT molecular complexity index is 590. The maximum atomic E-state index is 9.33. The molecule has 1 fully saturated rings. The molecule has 0 bridgehead atoms. The molecule has 5 heteroatoms. The molecule has 3 rings (SSSR count). The molecule has 0 amide bonds. The van der Waals surface area contributed by atoms with Crippen molar-refractivity contribution in [3.63, 3.8) is 0 Å². The minimum absolute atomic E-state index is 0.0428. The highest BCUT2D eigenvalue weighted by Gasteiger charge is 2.31. The van der Waals surface area contributed by atoms with Gasteiger partial charge in [-0.3, -0.25) is 0 Å². The summed E-state index contributed by atoms with van der Waals surface area (Å²) < 4.78 is 2.91. The number of halogens is 1. The average Bonchev–Trinajstić information content (AvgIpc) is 3.12. The zero-order valence-corrected chi connectivity index (χ0v) is 11.7. The molecule has 0 unspecified atom stereocenters. The van der Waals surface area contributed by atoms with Crippen LogP contribution in [0.5, 0.6) is 0 Å². The maximum absolute atomic E-state index is 9.33. The molecule has 0 aliphatic heterocycles. The van der Waals surface area contributed by atoms with Crippen molar-refractivity contribution in [3.8, 4) is 5.69 Å². The van der Waals surface area contributed by atoms with Gasteiger partial charge in [0.1, 0.15) is 5.69 Å². The van der Waals surface area contributed by atoms with Crippen LogP contribution in [0.3, 0.4) is 0 Å². The van der Waals surface area contributed by atoms with Gasteiger partial charge in [-0.15, -0.1) is 5.10 Å². The summed E-state index contributed by atoms with van der Waals surface area (Å²) in [5.41, 5.74) is 3.94. The van der Waals surface area contributed by atoms with Gasteiger partial charge in [-0.05, 0) is 37.5 Å². The lowest BCUT2D eigenvalue weighted by Gasteiger charge is -2.08. The van der Waals surface area contributed by atoms with E-state index in [0.717, 1.165) is 28.7 Å². The summed E-state index contributed by atoms with van der Waals surface area (Å²) in [6.07, 6.45) is 2.32. The van der Waals surface area contributed by atoms with Crippen LogP contribution >= 0.6 is 15.9 Å². The minimum Gasteiger partial charge on any atom is -0.390 e. The van der Waals surface area contributed by atoms with Gasteiger partial charge in [-0.1, -0.05) is 27.2 Å². The fraction of sp³-hybridized carbons (Fsp3) is 0.385. The summed E-state index contributed by atoms with van der Waals surface area (Å²) in [7, 11) is 0. The monoisotopic (exact) mass is 307 g/mol. The molecule has 18 heavy (non-hydrogen) atoms. The summed E-state index contributed by atoms with van der Waals surface area (Å²) >= 11 is 3.53. The van der Waals surface area contributed by atoms with Crippen LogP contribution < -0.4 is 0 Å². The van der Waals surface area contributed by atoms with E-state index >= 15 is 0 Å². The lowest BCUT2D eigenvalue weighted by molar-refractivity contribution is 0.275. The van der Waals surface area contributed by atoms with Crippen molar-refractivity contribution in [2.45, 2.75) is 32.3 Å². The molecule has 0 spiro atoms. The second-order valence-corrected chi connectivity index (χ2v) is 5.55. The van der Waals surface area contributed by atoms with E-state index in [1.807, 2.05) is 16.8 Å². The van der Waals surface area contributed by atoms with Crippen LogP contribution in [0.1, 0.15) is 35.7 Å². The standard InChI is InChI=1S/C13H14BrN3O/c1-8-2-5-10(6-11(8)14)17-13(9-3-4-9)12(7-18)15-16-17/h2,5-6,9,18H,3-4,7H2,1H3. The first-order valence-electron chi connectivity index (χ1n) is 6.02. The molecular formula is C13H14BrN3O. The quantitative estimate of drug-likeness (QED) is 0.948. The number of aromatic nitrogens is 3. The second-order valence-electron chi connectivity index (χ2n) is 4.70. The fourth-order valence-corrected chi connectivity index (χ4v) is 2.47. The molecule has 94 valence electrons. The molecular weight excluding hydrogens is 294 g/mol.